The Morgan fingerprint density at radius 3 is 2.00 bits per heavy atom. The van der Waals surface area contributed by atoms with Crippen molar-refractivity contribution < 1.29 is 46.2 Å². The fourth-order valence-electron chi connectivity index (χ4n) is 8.46. The van der Waals surface area contributed by atoms with Gasteiger partial charge in [-0.05, 0) is 41.3 Å². The number of likely N-dealkylation sites (tertiary alicyclic amines) is 1. The van der Waals surface area contributed by atoms with Crippen LogP contribution in [0.3, 0.4) is 0 Å². The average Bonchev–Trinajstić information content (AvgIpc) is 3.45. The van der Waals surface area contributed by atoms with Crippen molar-refractivity contribution in [1.82, 2.24) is 4.90 Å². The van der Waals surface area contributed by atoms with Gasteiger partial charge in [0.25, 0.3) is 11.8 Å². The summed E-state index contributed by atoms with van der Waals surface area (Å²) < 4.78 is 73.7. The first-order chi connectivity index (χ1) is 24.2. The van der Waals surface area contributed by atoms with Crippen molar-refractivity contribution in [1.29, 1.82) is 0 Å². The highest BCUT2D eigenvalue weighted by atomic mass is 35.5. The molecule has 3 fully saturated rings. The minimum atomic E-state index is -2.67. The number of amides is 4. The van der Waals surface area contributed by atoms with E-state index in [1.807, 2.05) is 0 Å². The smallest absolute Gasteiger partial charge is 0.258 e. The molecule has 2 saturated heterocycles. The first-order valence-corrected chi connectivity index (χ1v) is 16.6. The third-order valence-electron chi connectivity index (χ3n) is 10.7. The zero-order valence-corrected chi connectivity index (χ0v) is 27.5. The molecule has 0 bridgehead atoms. The number of phenolic OH excluding ortho intramolecular Hbond substituents is 1. The van der Waals surface area contributed by atoms with Gasteiger partial charge in [0.05, 0.1) is 18.4 Å². The predicted octanol–water partition coefficient (Wildman–Crippen LogP) is 7.00. The molecule has 2 heterocycles. The van der Waals surface area contributed by atoms with Crippen LogP contribution in [0.2, 0.25) is 0 Å². The van der Waals surface area contributed by atoms with Crippen LogP contribution in [-0.2, 0) is 25.7 Å². The molecule has 51 heavy (non-hydrogen) atoms. The molecule has 7 nitrogen and oxygen atoms in total. The molecule has 1 saturated carbocycles. The minimum absolute atomic E-state index is 0.0185. The zero-order valence-electron chi connectivity index (χ0n) is 26.0. The summed E-state index contributed by atoms with van der Waals surface area (Å²) in [6, 6.07) is 17.9. The zero-order chi connectivity index (χ0) is 36.3. The van der Waals surface area contributed by atoms with E-state index < -0.39 is 98.2 Å². The monoisotopic (exact) mass is 740 g/mol. The van der Waals surface area contributed by atoms with Crippen LogP contribution in [0.4, 0.5) is 27.6 Å². The molecular weight excluding hydrogens is 718 g/mol. The molecule has 4 aliphatic rings. The van der Waals surface area contributed by atoms with Crippen LogP contribution in [0.1, 0.15) is 29.9 Å². The number of allylic oxidation sites excluding steroid dienone is 2. The maximum Gasteiger partial charge on any atom is 0.258 e. The predicted molar refractivity (Wildman–Crippen MR) is 174 cm³/mol. The number of hydrogen-bond donors (Lipinski definition) is 1. The highest BCUT2D eigenvalue weighted by Crippen LogP contribution is 2.66. The van der Waals surface area contributed by atoms with Crippen LogP contribution < -0.4 is 4.90 Å². The Kier molecular flexibility index (Phi) is 7.42. The molecule has 0 unspecified atom stereocenters. The summed E-state index contributed by atoms with van der Waals surface area (Å²) in [6.45, 7) is -0.0451. The number of hydrogen-bond acceptors (Lipinski definition) is 5. The second kappa shape index (κ2) is 11.3. The molecule has 0 aromatic heterocycles. The van der Waals surface area contributed by atoms with Crippen molar-refractivity contribution in [2.24, 2.45) is 17.8 Å². The lowest BCUT2D eigenvalue weighted by molar-refractivity contribution is -0.141. The van der Waals surface area contributed by atoms with E-state index in [1.54, 1.807) is 60.7 Å². The van der Waals surface area contributed by atoms with E-state index in [4.69, 9.17) is 23.2 Å². The third-order valence-corrected chi connectivity index (χ3v) is 12.2. The lowest BCUT2D eigenvalue weighted by Gasteiger charge is -2.51. The first-order valence-electron chi connectivity index (χ1n) is 15.8. The molecule has 8 rings (SSSR count). The number of benzene rings is 4. The van der Waals surface area contributed by atoms with Crippen molar-refractivity contribution in [2.45, 2.75) is 35.1 Å². The average molecular weight is 741 g/mol. The van der Waals surface area contributed by atoms with Crippen LogP contribution in [0, 0.1) is 46.8 Å². The molecule has 14 heteroatoms. The second-order valence-electron chi connectivity index (χ2n) is 13.2. The highest BCUT2D eigenvalue weighted by Gasteiger charge is 2.77. The maximum atomic E-state index is 15.3. The topological polar surface area (TPSA) is 95.0 Å². The van der Waals surface area contributed by atoms with Gasteiger partial charge in [-0.3, -0.25) is 24.1 Å². The number of anilines is 1. The van der Waals surface area contributed by atoms with E-state index in [2.05, 4.69) is 0 Å². The Morgan fingerprint density at radius 1 is 0.725 bits per heavy atom. The Balaban J connectivity index is 1.34. The molecule has 1 N–H and O–H groups in total. The SMILES string of the molecule is O=C1[C@H]2[C@H](CC=C3[C@H]2C[C@@]2(Cl)C(=O)N(c4c(F)c(F)c(F)c(F)c4F)C(=O)[C@@]2(Cl)[C@H]3c2ccc(O)c3ccccc23)C(=O)N1Cc1ccccc1. The van der Waals surface area contributed by atoms with Crippen molar-refractivity contribution in [3.63, 3.8) is 0 Å². The minimum Gasteiger partial charge on any atom is -0.507 e. The summed E-state index contributed by atoms with van der Waals surface area (Å²) in [5, 5.41) is 11.3. The highest BCUT2D eigenvalue weighted by molar-refractivity contribution is 6.58. The number of aromatic hydroxyl groups is 1. The molecule has 6 atom stereocenters. The van der Waals surface area contributed by atoms with Gasteiger partial charge in [-0.15, -0.1) is 23.2 Å². The summed E-state index contributed by atoms with van der Waals surface area (Å²) in [6.07, 6.45) is 1.05. The molecule has 4 amide bonds. The van der Waals surface area contributed by atoms with E-state index in [9.17, 15) is 37.5 Å². The number of halogens is 7. The fourth-order valence-corrected chi connectivity index (χ4v) is 9.38. The molecule has 2 aliphatic heterocycles. The summed E-state index contributed by atoms with van der Waals surface area (Å²) >= 11 is 14.5. The standard InChI is InChI=1S/C37H23Cl2F5N2O5/c38-36-14-22-20(10-11-21-24(22)33(49)45(32(21)48)15-16-6-2-1-3-7-16)25(19-12-13-23(47)18-9-5-4-8-17(18)19)37(36,39)35(51)46(34(36)50)31-29(43)27(41)26(40)28(42)30(31)44/h1-10,12-13,21-22,24-25,47H,11,14-15H2/t21-,22+,24-,25-,36+,37-/m0/s1. The molecular formula is C37H23Cl2F5N2O5. The Morgan fingerprint density at radius 2 is 1.33 bits per heavy atom. The van der Waals surface area contributed by atoms with Crippen molar-refractivity contribution in [3.8, 4) is 5.75 Å². The van der Waals surface area contributed by atoms with Crippen LogP contribution >= 0.6 is 23.2 Å². The van der Waals surface area contributed by atoms with Crippen LogP contribution in [0.5, 0.6) is 5.75 Å². The van der Waals surface area contributed by atoms with Gasteiger partial charge in [0.15, 0.2) is 33.0 Å². The van der Waals surface area contributed by atoms with Crippen LogP contribution in [0.15, 0.2) is 78.4 Å². The third kappa shape index (κ3) is 4.29. The van der Waals surface area contributed by atoms with E-state index in [1.165, 1.54) is 12.1 Å². The quantitative estimate of drug-likeness (QED) is 0.0607. The van der Waals surface area contributed by atoms with Crippen molar-refractivity contribution in [2.75, 3.05) is 4.90 Å². The Hall–Kier alpha value is -4.81. The van der Waals surface area contributed by atoms with Gasteiger partial charge >= 0.3 is 0 Å². The van der Waals surface area contributed by atoms with Crippen LogP contribution in [-0.4, -0.2) is 43.4 Å². The number of carbonyl (C=O) groups excluding carboxylic acids is 4. The summed E-state index contributed by atoms with van der Waals surface area (Å²) in [5.74, 6) is -21.1. The second-order valence-corrected chi connectivity index (χ2v) is 14.4. The van der Waals surface area contributed by atoms with Gasteiger partial charge in [0.1, 0.15) is 11.4 Å². The molecule has 2 aliphatic carbocycles. The lowest BCUT2D eigenvalue weighted by Crippen LogP contribution is -2.60. The molecule has 0 radical (unpaired) electrons. The van der Waals surface area contributed by atoms with E-state index in [0.29, 0.717) is 21.9 Å². The number of carbonyl (C=O) groups is 4. The van der Waals surface area contributed by atoms with Gasteiger partial charge in [-0.25, -0.2) is 26.9 Å². The number of nitrogens with zero attached hydrogens (tertiary/aromatic N) is 2. The van der Waals surface area contributed by atoms with Gasteiger partial charge < -0.3 is 5.11 Å². The molecule has 260 valence electrons. The summed E-state index contributed by atoms with van der Waals surface area (Å²) in [4.78, 5) is 52.5. The van der Waals surface area contributed by atoms with Gasteiger partial charge in [-0.1, -0.05) is 72.3 Å². The fraction of sp³-hybridized carbons (Fsp3) is 0.243. The van der Waals surface area contributed by atoms with Gasteiger partial charge in [0.2, 0.25) is 17.6 Å². The molecule has 0 spiro atoms. The largest absolute Gasteiger partial charge is 0.507 e. The number of rotatable bonds is 4. The number of fused-ring (bicyclic) bond motifs is 5. The Bertz CT molecular complexity index is 2260. The van der Waals surface area contributed by atoms with E-state index in [0.717, 1.165) is 4.90 Å². The van der Waals surface area contributed by atoms with Gasteiger partial charge in [0, 0.05) is 11.3 Å². The van der Waals surface area contributed by atoms with Crippen LogP contribution in [0.25, 0.3) is 10.8 Å². The first kappa shape index (κ1) is 33.3. The lowest BCUT2D eigenvalue weighted by atomic mass is 9.56. The van der Waals surface area contributed by atoms with Crippen molar-refractivity contribution in [3.05, 3.63) is 119 Å². The van der Waals surface area contributed by atoms with Gasteiger partial charge in [-0.2, -0.15) is 0 Å². The number of imide groups is 2. The molecule has 4 aromatic carbocycles. The molecule has 4 aromatic rings. The maximum absolute atomic E-state index is 15.3. The number of alkyl halides is 2. The van der Waals surface area contributed by atoms with E-state index >= 15 is 8.78 Å². The summed E-state index contributed by atoms with van der Waals surface area (Å²) in [7, 11) is 0. The summed E-state index contributed by atoms with van der Waals surface area (Å²) in [5.41, 5.74) is -0.634. The Labute approximate surface area is 295 Å². The van der Waals surface area contributed by atoms with Crippen molar-refractivity contribution >= 4 is 63.3 Å². The normalized spacial score (nSPS) is 28.6. The number of phenols is 1. The van der Waals surface area contributed by atoms with E-state index in [-0.39, 0.29) is 29.2 Å².